The average molecular weight is 324 g/mol. The second-order valence-electron chi connectivity index (χ2n) is 5.80. The molecule has 2 heterocycles. The fraction of sp³-hybridized carbons (Fsp3) is 0.625. The Kier molecular flexibility index (Phi) is 4.25. The Labute approximate surface area is 124 Å². The van der Waals surface area contributed by atoms with E-state index in [1.807, 2.05) is 0 Å². The quantitative estimate of drug-likeness (QED) is 0.812. The van der Waals surface area contributed by atoms with E-state index < -0.39 is 0 Å². The van der Waals surface area contributed by atoms with Crippen LogP contribution in [0.2, 0.25) is 0 Å². The average Bonchev–Trinajstić information content (AvgIpc) is 2.86. The first-order valence-electron chi connectivity index (χ1n) is 7.33. The van der Waals surface area contributed by atoms with E-state index in [-0.39, 0.29) is 0 Å². The van der Waals surface area contributed by atoms with Gasteiger partial charge in [0.05, 0.1) is 0 Å². The maximum absolute atomic E-state index is 5.51. The van der Waals surface area contributed by atoms with E-state index in [0.717, 1.165) is 13.2 Å². The van der Waals surface area contributed by atoms with Crippen LogP contribution in [0.3, 0.4) is 0 Å². The lowest BCUT2D eigenvalue weighted by molar-refractivity contribution is 0.0849. The van der Waals surface area contributed by atoms with Crippen LogP contribution in [0.5, 0.6) is 0 Å². The van der Waals surface area contributed by atoms with Crippen molar-refractivity contribution in [3.8, 4) is 0 Å². The Morgan fingerprint density at radius 3 is 2.63 bits per heavy atom. The molecule has 0 unspecified atom stereocenters. The zero-order valence-electron chi connectivity index (χ0n) is 11.6. The number of ether oxygens (including phenoxy) is 1. The lowest BCUT2D eigenvalue weighted by Crippen LogP contribution is -2.21. The standard InChI is InChI=1S/C16H22BrNO/c1-18-8-2-3-16(18)15-11-13(17)4-5-14(15)12-6-9-19-10-7-12/h4-5,11-12,16H,2-3,6-10H2,1H3/t16-/m0/s1. The zero-order valence-corrected chi connectivity index (χ0v) is 13.2. The largest absolute Gasteiger partial charge is 0.381 e. The van der Waals surface area contributed by atoms with Gasteiger partial charge in [-0.2, -0.15) is 0 Å². The third-order valence-electron chi connectivity index (χ3n) is 4.59. The summed E-state index contributed by atoms with van der Waals surface area (Å²) in [4.78, 5) is 2.50. The SMILES string of the molecule is CN1CCC[C@H]1c1cc(Br)ccc1C1CCOCC1. The van der Waals surface area contributed by atoms with E-state index in [0.29, 0.717) is 12.0 Å². The molecule has 0 spiro atoms. The maximum Gasteiger partial charge on any atom is 0.0471 e. The van der Waals surface area contributed by atoms with Gasteiger partial charge in [0, 0.05) is 23.7 Å². The minimum absolute atomic E-state index is 0.607. The molecule has 0 N–H and O–H groups in total. The Hall–Kier alpha value is -0.380. The van der Waals surface area contributed by atoms with Crippen molar-refractivity contribution in [2.75, 3.05) is 26.8 Å². The van der Waals surface area contributed by atoms with Gasteiger partial charge in [0.25, 0.3) is 0 Å². The third-order valence-corrected chi connectivity index (χ3v) is 5.08. The fourth-order valence-corrected chi connectivity index (χ4v) is 3.90. The van der Waals surface area contributed by atoms with E-state index in [9.17, 15) is 0 Å². The molecule has 3 rings (SSSR count). The van der Waals surface area contributed by atoms with Gasteiger partial charge in [-0.1, -0.05) is 22.0 Å². The van der Waals surface area contributed by atoms with Crippen LogP contribution >= 0.6 is 15.9 Å². The van der Waals surface area contributed by atoms with Gasteiger partial charge in [0.15, 0.2) is 0 Å². The molecular weight excluding hydrogens is 302 g/mol. The van der Waals surface area contributed by atoms with Crippen molar-refractivity contribution in [2.24, 2.45) is 0 Å². The molecule has 0 saturated carbocycles. The molecule has 19 heavy (non-hydrogen) atoms. The van der Waals surface area contributed by atoms with Crippen molar-refractivity contribution in [3.05, 3.63) is 33.8 Å². The number of hydrogen-bond acceptors (Lipinski definition) is 2. The van der Waals surface area contributed by atoms with Gasteiger partial charge < -0.3 is 4.74 Å². The lowest BCUT2D eigenvalue weighted by atomic mass is 9.85. The molecule has 0 aromatic heterocycles. The molecular formula is C16H22BrNO. The second kappa shape index (κ2) is 5.94. The number of rotatable bonds is 2. The molecule has 2 aliphatic rings. The van der Waals surface area contributed by atoms with Gasteiger partial charge in [-0.05, 0) is 68.5 Å². The Morgan fingerprint density at radius 1 is 1.16 bits per heavy atom. The van der Waals surface area contributed by atoms with E-state index in [1.54, 1.807) is 11.1 Å². The molecule has 1 atom stereocenters. The third kappa shape index (κ3) is 2.88. The normalized spacial score (nSPS) is 25.9. The van der Waals surface area contributed by atoms with Crippen molar-refractivity contribution in [1.29, 1.82) is 0 Å². The van der Waals surface area contributed by atoms with E-state index in [2.05, 4.69) is 46.1 Å². The number of likely N-dealkylation sites (tertiary alicyclic amines) is 1. The van der Waals surface area contributed by atoms with E-state index in [4.69, 9.17) is 4.74 Å². The molecule has 3 heteroatoms. The van der Waals surface area contributed by atoms with Crippen molar-refractivity contribution >= 4 is 15.9 Å². The predicted octanol–water partition coefficient (Wildman–Crippen LogP) is 4.11. The summed E-state index contributed by atoms with van der Waals surface area (Å²) in [6.45, 7) is 3.06. The highest BCUT2D eigenvalue weighted by molar-refractivity contribution is 9.10. The minimum atomic E-state index is 0.607. The molecule has 1 aromatic rings. The summed E-state index contributed by atoms with van der Waals surface area (Å²) < 4.78 is 6.72. The summed E-state index contributed by atoms with van der Waals surface area (Å²) in [5.74, 6) is 0.686. The number of nitrogens with zero attached hydrogens (tertiary/aromatic N) is 1. The Morgan fingerprint density at radius 2 is 1.95 bits per heavy atom. The van der Waals surface area contributed by atoms with Crippen LogP contribution in [-0.4, -0.2) is 31.7 Å². The number of halogens is 1. The van der Waals surface area contributed by atoms with Crippen LogP contribution < -0.4 is 0 Å². The van der Waals surface area contributed by atoms with Crippen LogP contribution in [0.25, 0.3) is 0 Å². The van der Waals surface area contributed by atoms with Gasteiger partial charge in [0.2, 0.25) is 0 Å². The summed E-state index contributed by atoms with van der Waals surface area (Å²) in [5.41, 5.74) is 3.10. The highest BCUT2D eigenvalue weighted by Gasteiger charge is 2.28. The molecule has 0 aliphatic carbocycles. The predicted molar refractivity (Wildman–Crippen MR) is 81.5 cm³/mol. The van der Waals surface area contributed by atoms with Crippen molar-refractivity contribution in [2.45, 2.75) is 37.6 Å². The van der Waals surface area contributed by atoms with Crippen molar-refractivity contribution in [3.63, 3.8) is 0 Å². The summed E-state index contributed by atoms with van der Waals surface area (Å²) in [6, 6.07) is 7.48. The molecule has 2 aliphatic heterocycles. The number of hydrogen-bond donors (Lipinski definition) is 0. The van der Waals surface area contributed by atoms with E-state index in [1.165, 1.54) is 36.7 Å². The van der Waals surface area contributed by atoms with Crippen LogP contribution in [-0.2, 0) is 4.74 Å². The summed E-state index contributed by atoms with van der Waals surface area (Å²) in [5, 5.41) is 0. The second-order valence-corrected chi connectivity index (χ2v) is 6.71. The molecule has 0 amide bonds. The van der Waals surface area contributed by atoms with E-state index >= 15 is 0 Å². The molecule has 0 radical (unpaired) electrons. The first-order chi connectivity index (χ1) is 9.25. The van der Waals surface area contributed by atoms with Crippen molar-refractivity contribution < 1.29 is 4.74 Å². The first-order valence-corrected chi connectivity index (χ1v) is 8.12. The van der Waals surface area contributed by atoms with Crippen LogP contribution in [0.4, 0.5) is 0 Å². The highest BCUT2D eigenvalue weighted by atomic mass is 79.9. The Balaban J connectivity index is 1.94. The van der Waals surface area contributed by atoms with Crippen LogP contribution in [0.1, 0.15) is 48.8 Å². The topological polar surface area (TPSA) is 12.5 Å². The van der Waals surface area contributed by atoms with Gasteiger partial charge in [-0.3, -0.25) is 4.90 Å². The Bertz CT molecular complexity index is 442. The molecule has 2 nitrogen and oxygen atoms in total. The monoisotopic (exact) mass is 323 g/mol. The lowest BCUT2D eigenvalue weighted by Gasteiger charge is -2.29. The van der Waals surface area contributed by atoms with Gasteiger partial charge in [-0.15, -0.1) is 0 Å². The molecule has 2 saturated heterocycles. The molecule has 2 fully saturated rings. The van der Waals surface area contributed by atoms with Crippen LogP contribution in [0, 0.1) is 0 Å². The highest BCUT2D eigenvalue weighted by Crippen LogP contribution is 2.39. The fourth-order valence-electron chi connectivity index (χ4n) is 3.52. The smallest absolute Gasteiger partial charge is 0.0471 e. The maximum atomic E-state index is 5.51. The summed E-state index contributed by atoms with van der Waals surface area (Å²) >= 11 is 3.64. The minimum Gasteiger partial charge on any atom is -0.381 e. The molecule has 0 bridgehead atoms. The zero-order chi connectivity index (χ0) is 13.2. The van der Waals surface area contributed by atoms with Crippen molar-refractivity contribution in [1.82, 2.24) is 4.90 Å². The van der Waals surface area contributed by atoms with Crippen LogP contribution in [0.15, 0.2) is 22.7 Å². The number of benzene rings is 1. The summed E-state index contributed by atoms with van der Waals surface area (Å²) in [6.07, 6.45) is 4.96. The van der Waals surface area contributed by atoms with Gasteiger partial charge >= 0.3 is 0 Å². The van der Waals surface area contributed by atoms with Gasteiger partial charge in [0.1, 0.15) is 0 Å². The van der Waals surface area contributed by atoms with Gasteiger partial charge in [-0.25, -0.2) is 0 Å². The molecule has 104 valence electrons. The molecule has 1 aromatic carbocycles. The first kappa shape index (κ1) is 13.6. The summed E-state index contributed by atoms with van der Waals surface area (Å²) in [7, 11) is 2.26.